The number of anilines is 1. The maximum Gasteiger partial charge on any atom is 0.337 e. The fourth-order valence-corrected chi connectivity index (χ4v) is 3.00. The predicted molar refractivity (Wildman–Crippen MR) is 107 cm³/mol. The largest absolute Gasteiger partial charge is 0.465 e. The molecular weight excluding hydrogens is 373 g/mol. The number of nitrogens with zero attached hydrogens (tertiary/aromatic N) is 1. The normalized spacial score (nSPS) is 10.7. The Hall–Kier alpha value is -4.00. The lowest BCUT2D eigenvalue weighted by molar-refractivity contribution is 0.0600. The number of hydrogen-bond acceptors (Lipinski definition) is 4. The summed E-state index contributed by atoms with van der Waals surface area (Å²) in [4.78, 5) is 24.0. The molecule has 0 saturated heterocycles. The van der Waals surface area contributed by atoms with Gasteiger partial charge in [0.15, 0.2) is 0 Å². The van der Waals surface area contributed by atoms with Gasteiger partial charge >= 0.3 is 5.97 Å². The maximum absolute atomic E-state index is 13.2. The Kier molecular flexibility index (Phi) is 4.78. The topological polar surface area (TPSA) is 84.1 Å². The Labute approximate surface area is 165 Å². The Morgan fingerprint density at radius 3 is 2.34 bits per heavy atom. The summed E-state index contributed by atoms with van der Waals surface area (Å²) in [6, 6.07) is 17.6. The zero-order valence-electron chi connectivity index (χ0n) is 15.4. The second-order valence-electron chi connectivity index (χ2n) is 6.36. The van der Waals surface area contributed by atoms with Crippen LogP contribution in [-0.4, -0.2) is 29.2 Å². The zero-order chi connectivity index (χ0) is 20.4. The van der Waals surface area contributed by atoms with E-state index in [9.17, 15) is 14.0 Å². The Morgan fingerprint density at radius 1 is 0.966 bits per heavy atom. The van der Waals surface area contributed by atoms with Crippen molar-refractivity contribution in [2.45, 2.75) is 0 Å². The Balaban J connectivity index is 1.59. The van der Waals surface area contributed by atoms with E-state index in [4.69, 9.17) is 0 Å². The number of ether oxygens (including phenoxy) is 1. The first-order chi connectivity index (χ1) is 14.0. The van der Waals surface area contributed by atoms with Crippen molar-refractivity contribution in [3.8, 4) is 11.3 Å². The summed E-state index contributed by atoms with van der Waals surface area (Å²) in [5.74, 6) is -1.09. The highest BCUT2D eigenvalue weighted by atomic mass is 19.1. The SMILES string of the molecule is COC(=O)c1ccc(C(=O)Nc2ccc3[nH]nc(-c4ccc(F)cc4)c3c2)cc1. The summed E-state index contributed by atoms with van der Waals surface area (Å²) in [6.07, 6.45) is 0. The van der Waals surface area contributed by atoms with E-state index in [1.165, 1.54) is 31.4 Å². The van der Waals surface area contributed by atoms with Crippen LogP contribution in [0.4, 0.5) is 10.1 Å². The molecule has 4 aromatic rings. The number of carbonyl (C=O) groups excluding carboxylic acids is 2. The van der Waals surface area contributed by atoms with Gasteiger partial charge < -0.3 is 10.1 Å². The van der Waals surface area contributed by atoms with Crippen LogP contribution in [0, 0.1) is 5.82 Å². The third-order valence-electron chi connectivity index (χ3n) is 4.51. The van der Waals surface area contributed by atoms with E-state index in [0.717, 1.165) is 16.5 Å². The second kappa shape index (κ2) is 7.55. The molecule has 1 amide bonds. The molecule has 1 aromatic heterocycles. The van der Waals surface area contributed by atoms with E-state index < -0.39 is 5.97 Å². The fourth-order valence-electron chi connectivity index (χ4n) is 3.00. The summed E-state index contributed by atoms with van der Waals surface area (Å²) in [7, 11) is 1.30. The van der Waals surface area contributed by atoms with Crippen LogP contribution in [0.5, 0.6) is 0 Å². The van der Waals surface area contributed by atoms with Gasteiger partial charge in [-0.2, -0.15) is 5.10 Å². The smallest absolute Gasteiger partial charge is 0.337 e. The monoisotopic (exact) mass is 389 g/mol. The number of aromatic nitrogens is 2. The molecule has 1 heterocycles. The van der Waals surface area contributed by atoms with Gasteiger partial charge in [-0.1, -0.05) is 0 Å². The molecule has 2 N–H and O–H groups in total. The molecule has 7 heteroatoms. The third-order valence-corrected chi connectivity index (χ3v) is 4.51. The third kappa shape index (κ3) is 3.70. The van der Waals surface area contributed by atoms with Gasteiger partial charge in [0, 0.05) is 22.2 Å². The van der Waals surface area contributed by atoms with Crippen molar-refractivity contribution >= 4 is 28.5 Å². The minimum Gasteiger partial charge on any atom is -0.465 e. The van der Waals surface area contributed by atoms with Crippen molar-refractivity contribution < 1.29 is 18.7 Å². The highest BCUT2D eigenvalue weighted by molar-refractivity contribution is 6.06. The number of nitrogens with one attached hydrogen (secondary N) is 2. The van der Waals surface area contributed by atoms with Gasteiger partial charge in [-0.25, -0.2) is 9.18 Å². The first-order valence-electron chi connectivity index (χ1n) is 8.79. The predicted octanol–water partition coefficient (Wildman–Crippen LogP) is 4.41. The standard InChI is InChI=1S/C22H16FN3O3/c1-29-22(28)15-4-2-14(3-5-15)21(27)24-17-10-11-19-18(12-17)20(26-25-19)13-6-8-16(23)9-7-13/h2-12H,1H3,(H,24,27)(H,25,26). The lowest BCUT2D eigenvalue weighted by atomic mass is 10.1. The van der Waals surface area contributed by atoms with Gasteiger partial charge in [-0.15, -0.1) is 0 Å². The lowest BCUT2D eigenvalue weighted by Gasteiger charge is -2.07. The highest BCUT2D eigenvalue weighted by Gasteiger charge is 2.12. The Morgan fingerprint density at radius 2 is 1.66 bits per heavy atom. The van der Waals surface area contributed by atoms with E-state index in [-0.39, 0.29) is 11.7 Å². The number of rotatable bonds is 4. The van der Waals surface area contributed by atoms with E-state index in [0.29, 0.717) is 22.5 Å². The van der Waals surface area contributed by atoms with Gasteiger partial charge in [-0.3, -0.25) is 9.89 Å². The number of carbonyl (C=O) groups is 2. The van der Waals surface area contributed by atoms with Crippen LogP contribution < -0.4 is 5.32 Å². The minimum atomic E-state index is -0.462. The number of esters is 1. The molecule has 6 nitrogen and oxygen atoms in total. The molecule has 0 spiro atoms. The first-order valence-corrected chi connectivity index (χ1v) is 8.79. The molecule has 0 radical (unpaired) electrons. The quantitative estimate of drug-likeness (QED) is 0.507. The van der Waals surface area contributed by atoms with Crippen molar-refractivity contribution in [3.05, 3.63) is 83.7 Å². The van der Waals surface area contributed by atoms with Crippen LogP contribution in [-0.2, 0) is 4.74 Å². The number of halogens is 1. The number of H-pyrrole nitrogens is 1. The van der Waals surface area contributed by atoms with E-state index >= 15 is 0 Å². The van der Waals surface area contributed by atoms with Gasteiger partial charge in [-0.05, 0) is 66.7 Å². The Bertz CT molecular complexity index is 1200. The first kappa shape index (κ1) is 18.4. The molecule has 144 valence electrons. The average molecular weight is 389 g/mol. The van der Waals surface area contributed by atoms with Crippen molar-refractivity contribution in [1.82, 2.24) is 10.2 Å². The molecule has 4 rings (SSSR count). The fraction of sp³-hybridized carbons (Fsp3) is 0.0455. The molecule has 29 heavy (non-hydrogen) atoms. The van der Waals surface area contributed by atoms with Crippen LogP contribution in [0.1, 0.15) is 20.7 Å². The zero-order valence-corrected chi connectivity index (χ0v) is 15.4. The van der Waals surface area contributed by atoms with Crippen LogP contribution in [0.15, 0.2) is 66.7 Å². The summed E-state index contributed by atoms with van der Waals surface area (Å²) < 4.78 is 17.8. The molecule has 3 aromatic carbocycles. The second-order valence-corrected chi connectivity index (χ2v) is 6.36. The molecule has 0 aliphatic carbocycles. The van der Waals surface area contributed by atoms with E-state index in [1.807, 2.05) is 6.07 Å². The van der Waals surface area contributed by atoms with Gasteiger partial charge in [0.05, 0.1) is 23.9 Å². The van der Waals surface area contributed by atoms with Crippen molar-refractivity contribution in [3.63, 3.8) is 0 Å². The number of amides is 1. The number of aromatic amines is 1. The van der Waals surface area contributed by atoms with Crippen molar-refractivity contribution in [2.24, 2.45) is 0 Å². The van der Waals surface area contributed by atoms with Crippen LogP contribution in [0.25, 0.3) is 22.2 Å². The molecule has 0 aliphatic rings. The number of methoxy groups -OCH3 is 1. The summed E-state index contributed by atoms with van der Waals surface area (Å²) >= 11 is 0. The number of hydrogen-bond donors (Lipinski definition) is 2. The lowest BCUT2D eigenvalue weighted by Crippen LogP contribution is -2.12. The van der Waals surface area contributed by atoms with Crippen LogP contribution in [0.2, 0.25) is 0 Å². The molecule has 0 fully saturated rings. The average Bonchev–Trinajstić information content (AvgIpc) is 3.17. The number of fused-ring (bicyclic) bond motifs is 1. The highest BCUT2D eigenvalue weighted by Crippen LogP contribution is 2.28. The van der Waals surface area contributed by atoms with Crippen molar-refractivity contribution in [2.75, 3.05) is 12.4 Å². The molecular formula is C22H16FN3O3. The minimum absolute atomic E-state index is 0.312. The van der Waals surface area contributed by atoms with Crippen LogP contribution >= 0.6 is 0 Å². The van der Waals surface area contributed by atoms with E-state index in [2.05, 4.69) is 20.3 Å². The maximum atomic E-state index is 13.2. The summed E-state index contributed by atoms with van der Waals surface area (Å²) in [5, 5.41) is 10.9. The van der Waals surface area contributed by atoms with Gasteiger partial charge in [0.1, 0.15) is 5.82 Å². The summed E-state index contributed by atoms with van der Waals surface area (Å²) in [6.45, 7) is 0. The molecule has 0 saturated carbocycles. The number of benzene rings is 3. The molecule has 0 unspecified atom stereocenters. The molecule has 0 bridgehead atoms. The van der Waals surface area contributed by atoms with Crippen molar-refractivity contribution in [1.29, 1.82) is 0 Å². The molecule has 0 atom stereocenters. The van der Waals surface area contributed by atoms with Crippen LogP contribution in [0.3, 0.4) is 0 Å². The summed E-state index contributed by atoms with van der Waals surface area (Å²) in [5.41, 5.74) is 3.59. The van der Waals surface area contributed by atoms with E-state index in [1.54, 1.807) is 36.4 Å². The molecule has 0 aliphatic heterocycles. The van der Waals surface area contributed by atoms with Gasteiger partial charge in [0.2, 0.25) is 0 Å². The van der Waals surface area contributed by atoms with Gasteiger partial charge in [0.25, 0.3) is 5.91 Å².